The van der Waals surface area contributed by atoms with Crippen molar-refractivity contribution in [1.82, 2.24) is 4.31 Å². The summed E-state index contributed by atoms with van der Waals surface area (Å²) in [7, 11) is -3.43. The monoisotopic (exact) mass is 296 g/mol. The third kappa shape index (κ3) is 2.99. The normalized spacial score (nSPS) is 15.8. The summed E-state index contributed by atoms with van der Waals surface area (Å²) in [5.74, 6) is 0. The molecule has 0 spiro atoms. The SMILES string of the molecule is CCCCN(C1CC1)S(=O)(=O)c1cc(C)cc(N)c1C. The van der Waals surface area contributed by atoms with Gasteiger partial charge in [0.05, 0.1) is 4.90 Å². The average Bonchev–Trinajstić information content (AvgIpc) is 3.18. The summed E-state index contributed by atoms with van der Waals surface area (Å²) in [6, 6.07) is 3.75. The quantitative estimate of drug-likeness (QED) is 0.821. The van der Waals surface area contributed by atoms with Crippen molar-refractivity contribution in [3.05, 3.63) is 23.3 Å². The lowest BCUT2D eigenvalue weighted by Crippen LogP contribution is -2.34. The Hall–Kier alpha value is -1.07. The van der Waals surface area contributed by atoms with Gasteiger partial charge in [-0.05, 0) is 56.4 Å². The molecule has 1 fully saturated rings. The number of benzene rings is 1. The molecule has 0 atom stereocenters. The van der Waals surface area contributed by atoms with Crippen LogP contribution in [0.2, 0.25) is 0 Å². The molecule has 2 rings (SSSR count). The molecule has 112 valence electrons. The number of rotatable bonds is 6. The van der Waals surface area contributed by atoms with E-state index in [1.807, 2.05) is 13.0 Å². The van der Waals surface area contributed by atoms with Crippen LogP contribution >= 0.6 is 0 Å². The van der Waals surface area contributed by atoms with Gasteiger partial charge in [0, 0.05) is 18.3 Å². The number of anilines is 1. The molecule has 1 aliphatic carbocycles. The van der Waals surface area contributed by atoms with Crippen molar-refractivity contribution in [1.29, 1.82) is 0 Å². The van der Waals surface area contributed by atoms with Crippen LogP contribution in [0.1, 0.15) is 43.7 Å². The maximum atomic E-state index is 12.9. The number of nitrogen functional groups attached to an aromatic ring is 1. The van der Waals surface area contributed by atoms with Crippen LogP contribution in [0.4, 0.5) is 5.69 Å². The lowest BCUT2D eigenvalue weighted by Gasteiger charge is -2.23. The minimum absolute atomic E-state index is 0.188. The summed E-state index contributed by atoms with van der Waals surface area (Å²) in [5, 5.41) is 0. The molecule has 2 N–H and O–H groups in total. The highest BCUT2D eigenvalue weighted by Gasteiger charge is 2.38. The zero-order valence-electron chi connectivity index (χ0n) is 12.5. The van der Waals surface area contributed by atoms with Gasteiger partial charge in [-0.3, -0.25) is 0 Å². The summed E-state index contributed by atoms with van der Waals surface area (Å²) < 4.78 is 27.5. The number of nitrogens with two attached hydrogens (primary N) is 1. The van der Waals surface area contributed by atoms with E-state index < -0.39 is 10.0 Å². The average molecular weight is 296 g/mol. The lowest BCUT2D eigenvalue weighted by atomic mass is 10.1. The Bertz CT molecular complexity index is 592. The molecule has 1 aliphatic rings. The van der Waals surface area contributed by atoms with E-state index in [2.05, 4.69) is 6.92 Å². The first-order chi connectivity index (χ1) is 9.37. The number of unbranched alkanes of at least 4 members (excludes halogenated alkanes) is 1. The van der Waals surface area contributed by atoms with Crippen LogP contribution in [0.25, 0.3) is 0 Å². The second kappa shape index (κ2) is 5.74. The number of hydrogen-bond donors (Lipinski definition) is 1. The molecule has 20 heavy (non-hydrogen) atoms. The second-order valence-corrected chi connectivity index (χ2v) is 7.54. The first kappa shape index (κ1) is 15.3. The largest absolute Gasteiger partial charge is 0.398 e. The van der Waals surface area contributed by atoms with E-state index in [0.717, 1.165) is 31.2 Å². The Morgan fingerprint density at radius 3 is 2.50 bits per heavy atom. The Balaban J connectivity index is 2.42. The predicted molar refractivity (Wildman–Crippen MR) is 82.2 cm³/mol. The van der Waals surface area contributed by atoms with Crippen LogP contribution in [0.15, 0.2) is 17.0 Å². The molecule has 0 saturated heterocycles. The Labute approximate surface area is 122 Å². The standard InChI is InChI=1S/C15H24N2O2S/c1-4-5-8-17(13-6-7-13)20(18,19)15-10-11(2)9-14(16)12(15)3/h9-10,13H,4-8,16H2,1-3H3. The van der Waals surface area contributed by atoms with E-state index in [0.29, 0.717) is 22.7 Å². The van der Waals surface area contributed by atoms with Crippen molar-refractivity contribution in [3.8, 4) is 0 Å². The Morgan fingerprint density at radius 1 is 1.30 bits per heavy atom. The van der Waals surface area contributed by atoms with Gasteiger partial charge in [0.25, 0.3) is 0 Å². The summed E-state index contributed by atoms with van der Waals surface area (Å²) in [6.07, 6.45) is 3.84. The number of sulfonamides is 1. The van der Waals surface area contributed by atoms with E-state index in [1.54, 1.807) is 17.3 Å². The van der Waals surface area contributed by atoms with Crippen molar-refractivity contribution in [2.75, 3.05) is 12.3 Å². The molecule has 0 aliphatic heterocycles. The van der Waals surface area contributed by atoms with Crippen LogP contribution in [-0.2, 0) is 10.0 Å². The van der Waals surface area contributed by atoms with E-state index in [9.17, 15) is 8.42 Å². The van der Waals surface area contributed by atoms with Gasteiger partial charge in [-0.1, -0.05) is 13.3 Å². The first-order valence-corrected chi connectivity index (χ1v) is 8.70. The van der Waals surface area contributed by atoms with Gasteiger partial charge >= 0.3 is 0 Å². The summed E-state index contributed by atoms with van der Waals surface area (Å²) in [5.41, 5.74) is 8.03. The third-order valence-corrected chi connectivity index (χ3v) is 5.90. The summed E-state index contributed by atoms with van der Waals surface area (Å²) >= 11 is 0. The molecule has 0 heterocycles. The van der Waals surface area contributed by atoms with E-state index >= 15 is 0 Å². The van der Waals surface area contributed by atoms with Gasteiger partial charge in [-0.15, -0.1) is 0 Å². The molecule has 0 unspecified atom stereocenters. The van der Waals surface area contributed by atoms with Crippen LogP contribution in [0, 0.1) is 13.8 Å². The molecular formula is C15H24N2O2S. The fourth-order valence-corrected chi connectivity index (χ4v) is 4.49. The fourth-order valence-electron chi connectivity index (χ4n) is 2.42. The topological polar surface area (TPSA) is 63.4 Å². The highest BCUT2D eigenvalue weighted by atomic mass is 32.2. The second-order valence-electron chi connectivity index (χ2n) is 5.68. The Kier molecular flexibility index (Phi) is 4.39. The Morgan fingerprint density at radius 2 is 1.95 bits per heavy atom. The molecule has 0 radical (unpaired) electrons. The molecule has 1 aromatic rings. The highest BCUT2D eigenvalue weighted by Crippen LogP contribution is 2.34. The molecule has 0 bridgehead atoms. The predicted octanol–water partition coefficient (Wildman–Crippen LogP) is 2.84. The maximum absolute atomic E-state index is 12.9. The van der Waals surface area contributed by atoms with E-state index in [4.69, 9.17) is 5.73 Å². The third-order valence-electron chi connectivity index (χ3n) is 3.82. The number of aryl methyl sites for hydroxylation is 1. The number of hydrogen-bond acceptors (Lipinski definition) is 3. The number of nitrogens with zero attached hydrogens (tertiary/aromatic N) is 1. The van der Waals surface area contributed by atoms with Gasteiger partial charge < -0.3 is 5.73 Å². The van der Waals surface area contributed by atoms with Crippen molar-refractivity contribution in [3.63, 3.8) is 0 Å². The van der Waals surface area contributed by atoms with Gasteiger partial charge in [-0.2, -0.15) is 4.31 Å². The molecular weight excluding hydrogens is 272 g/mol. The zero-order valence-corrected chi connectivity index (χ0v) is 13.3. The van der Waals surface area contributed by atoms with Crippen molar-refractivity contribution in [2.24, 2.45) is 0 Å². The van der Waals surface area contributed by atoms with E-state index in [1.165, 1.54) is 0 Å². The molecule has 1 aromatic carbocycles. The highest BCUT2D eigenvalue weighted by molar-refractivity contribution is 7.89. The van der Waals surface area contributed by atoms with Gasteiger partial charge in [0.15, 0.2) is 0 Å². The molecule has 4 nitrogen and oxygen atoms in total. The van der Waals surface area contributed by atoms with Crippen LogP contribution in [-0.4, -0.2) is 25.3 Å². The smallest absolute Gasteiger partial charge is 0.243 e. The summed E-state index contributed by atoms with van der Waals surface area (Å²) in [4.78, 5) is 0.373. The molecule has 1 saturated carbocycles. The van der Waals surface area contributed by atoms with Gasteiger partial charge in [0.1, 0.15) is 0 Å². The molecule has 5 heteroatoms. The zero-order chi connectivity index (χ0) is 14.9. The molecule has 0 amide bonds. The van der Waals surface area contributed by atoms with Gasteiger partial charge in [0.2, 0.25) is 10.0 Å². The van der Waals surface area contributed by atoms with Crippen LogP contribution in [0.5, 0.6) is 0 Å². The summed E-state index contributed by atoms with van der Waals surface area (Å²) in [6.45, 7) is 6.35. The van der Waals surface area contributed by atoms with Crippen LogP contribution in [0.3, 0.4) is 0 Å². The minimum atomic E-state index is -3.43. The lowest BCUT2D eigenvalue weighted by molar-refractivity contribution is 0.395. The van der Waals surface area contributed by atoms with Crippen molar-refractivity contribution in [2.45, 2.75) is 57.4 Å². The molecule has 0 aromatic heterocycles. The minimum Gasteiger partial charge on any atom is -0.398 e. The van der Waals surface area contributed by atoms with Gasteiger partial charge in [-0.25, -0.2) is 8.42 Å². The first-order valence-electron chi connectivity index (χ1n) is 7.26. The van der Waals surface area contributed by atoms with Crippen LogP contribution < -0.4 is 5.73 Å². The van der Waals surface area contributed by atoms with Crippen molar-refractivity contribution < 1.29 is 8.42 Å². The van der Waals surface area contributed by atoms with E-state index in [-0.39, 0.29) is 6.04 Å². The van der Waals surface area contributed by atoms with Crippen molar-refractivity contribution >= 4 is 15.7 Å². The maximum Gasteiger partial charge on any atom is 0.243 e. The fraction of sp³-hybridized carbons (Fsp3) is 0.600.